The van der Waals surface area contributed by atoms with Gasteiger partial charge in [-0.1, -0.05) is 54.1 Å². The fourth-order valence-electron chi connectivity index (χ4n) is 2.32. The first-order valence-electron chi connectivity index (χ1n) is 6.78. The van der Waals surface area contributed by atoms with E-state index >= 15 is 0 Å². The van der Waals surface area contributed by atoms with Crippen molar-refractivity contribution in [2.45, 2.75) is 13.5 Å². The molecular formula is C17H16ClN3. The molecule has 0 unspecified atom stereocenters. The van der Waals surface area contributed by atoms with E-state index < -0.39 is 0 Å². The molecule has 3 aromatic rings. The lowest BCUT2D eigenvalue weighted by Gasteiger charge is -2.04. The van der Waals surface area contributed by atoms with Crippen LogP contribution in [0.1, 0.15) is 11.1 Å². The smallest absolute Gasteiger partial charge is 0.125 e. The maximum atomic E-state index is 6.19. The zero-order chi connectivity index (χ0) is 14.8. The van der Waals surface area contributed by atoms with Gasteiger partial charge in [0.25, 0.3) is 0 Å². The zero-order valence-electron chi connectivity index (χ0n) is 11.8. The number of halogens is 1. The van der Waals surface area contributed by atoms with E-state index in [0.717, 1.165) is 16.8 Å². The molecule has 0 atom stereocenters. The summed E-state index contributed by atoms with van der Waals surface area (Å²) in [6.45, 7) is 2.66. The number of anilines is 1. The lowest BCUT2D eigenvalue weighted by Crippen LogP contribution is -2.06. The second kappa shape index (κ2) is 5.62. The van der Waals surface area contributed by atoms with Crippen molar-refractivity contribution in [1.82, 2.24) is 9.78 Å². The molecule has 0 saturated carbocycles. The number of aromatic nitrogens is 2. The Morgan fingerprint density at radius 1 is 1.05 bits per heavy atom. The van der Waals surface area contributed by atoms with Gasteiger partial charge in [0.15, 0.2) is 0 Å². The Balaban J connectivity index is 1.97. The van der Waals surface area contributed by atoms with Crippen LogP contribution in [0.2, 0.25) is 5.02 Å². The Kier molecular flexibility index (Phi) is 3.67. The van der Waals surface area contributed by atoms with Crippen molar-refractivity contribution in [3.63, 3.8) is 0 Å². The predicted octanol–water partition coefficient (Wildman–Crippen LogP) is 4.14. The molecule has 2 aromatic carbocycles. The minimum atomic E-state index is 0.668. The molecule has 3 nitrogen and oxygen atoms in total. The molecule has 3 rings (SSSR count). The monoisotopic (exact) mass is 297 g/mol. The van der Waals surface area contributed by atoms with Gasteiger partial charge < -0.3 is 5.73 Å². The van der Waals surface area contributed by atoms with E-state index in [9.17, 15) is 0 Å². The summed E-state index contributed by atoms with van der Waals surface area (Å²) in [6, 6.07) is 17.8. The van der Waals surface area contributed by atoms with Crippen LogP contribution in [-0.2, 0) is 6.54 Å². The van der Waals surface area contributed by atoms with E-state index in [1.54, 1.807) is 0 Å². The van der Waals surface area contributed by atoms with Crippen molar-refractivity contribution in [3.05, 3.63) is 70.7 Å². The summed E-state index contributed by atoms with van der Waals surface area (Å²) in [6.07, 6.45) is 0. The Bertz CT molecular complexity index is 746. The number of hydrogen-bond donors (Lipinski definition) is 1. The molecule has 1 aromatic heterocycles. The normalized spacial score (nSPS) is 10.8. The summed E-state index contributed by atoms with van der Waals surface area (Å²) in [5.74, 6) is 0.698. The number of nitrogen functional groups attached to an aromatic ring is 1. The van der Waals surface area contributed by atoms with Gasteiger partial charge in [-0.25, -0.2) is 4.68 Å². The number of nitrogens with zero attached hydrogens (tertiary/aromatic N) is 2. The van der Waals surface area contributed by atoms with Crippen LogP contribution >= 0.6 is 11.6 Å². The molecule has 21 heavy (non-hydrogen) atoms. The average molecular weight is 298 g/mol. The third-order valence-corrected chi connectivity index (χ3v) is 3.78. The molecule has 4 heteroatoms. The lowest BCUT2D eigenvalue weighted by atomic mass is 10.1. The maximum Gasteiger partial charge on any atom is 0.125 e. The van der Waals surface area contributed by atoms with Gasteiger partial charge in [0.2, 0.25) is 0 Å². The maximum absolute atomic E-state index is 6.19. The summed E-state index contributed by atoms with van der Waals surface area (Å²) >= 11 is 5.93. The van der Waals surface area contributed by atoms with Crippen LogP contribution in [0.4, 0.5) is 5.82 Å². The van der Waals surface area contributed by atoms with E-state index in [0.29, 0.717) is 17.4 Å². The van der Waals surface area contributed by atoms with Crippen molar-refractivity contribution in [1.29, 1.82) is 0 Å². The minimum Gasteiger partial charge on any atom is -0.384 e. The van der Waals surface area contributed by atoms with Crippen molar-refractivity contribution in [3.8, 4) is 11.3 Å². The largest absolute Gasteiger partial charge is 0.384 e. The number of nitrogens with two attached hydrogens (primary N) is 1. The molecule has 0 aliphatic carbocycles. The minimum absolute atomic E-state index is 0.668. The van der Waals surface area contributed by atoms with E-state index in [1.165, 1.54) is 5.56 Å². The highest BCUT2D eigenvalue weighted by atomic mass is 35.5. The molecule has 0 aliphatic rings. The molecule has 2 N–H and O–H groups in total. The standard InChI is InChI=1S/C17H16ClN3/c1-12-16(14-7-9-15(18)10-8-14)20-21(17(12)19)11-13-5-3-2-4-6-13/h2-10H,11,19H2,1H3. The number of hydrogen-bond acceptors (Lipinski definition) is 2. The third kappa shape index (κ3) is 2.78. The molecule has 0 bridgehead atoms. The predicted molar refractivity (Wildman–Crippen MR) is 87.4 cm³/mol. The van der Waals surface area contributed by atoms with Gasteiger partial charge in [0.05, 0.1) is 12.2 Å². The molecule has 0 fully saturated rings. The van der Waals surface area contributed by atoms with Crippen LogP contribution in [0, 0.1) is 6.92 Å². The Morgan fingerprint density at radius 2 is 1.71 bits per heavy atom. The van der Waals surface area contributed by atoms with Crippen LogP contribution in [0.3, 0.4) is 0 Å². The summed E-state index contributed by atoms with van der Waals surface area (Å²) in [4.78, 5) is 0. The molecule has 0 radical (unpaired) electrons. The fraction of sp³-hybridized carbons (Fsp3) is 0.118. The van der Waals surface area contributed by atoms with Gasteiger partial charge in [0, 0.05) is 16.1 Å². The van der Waals surface area contributed by atoms with Crippen molar-refractivity contribution in [2.24, 2.45) is 0 Å². The van der Waals surface area contributed by atoms with Gasteiger partial charge in [-0.15, -0.1) is 0 Å². The molecule has 0 saturated heterocycles. The van der Waals surface area contributed by atoms with Crippen LogP contribution in [0.15, 0.2) is 54.6 Å². The Labute approximate surface area is 129 Å². The highest BCUT2D eigenvalue weighted by molar-refractivity contribution is 6.30. The summed E-state index contributed by atoms with van der Waals surface area (Å²) in [7, 11) is 0. The molecule has 0 amide bonds. The number of benzene rings is 2. The molecular weight excluding hydrogens is 282 g/mol. The summed E-state index contributed by atoms with van der Waals surface area (Å²) < 4.78 is 1.84. The first kappa shape index (κ1) is 13.7. The quantitative estimate of drug-likeness (QED) is 0.789. The van der Waals surface area contributed by atoms with Crippen molar-refractivity contribution in [2.75, 3.05) is 5.73 Å². The molecule has 1 heterocycles. The highest BCUT2D eigenvalue weighted by Crippen LogP contribution is 2.27. The van der Waals surface area contributed by atoms with Crippen LogP contribution in [0.5, 0.6) is 0 Å². The first-order chi connectivity index (χ1) is 10.1. The molecule has 0 aliphatic heterocycles. The third-order valence-electron chi connectivity index (χ3n) is 3.53. The number of rotatable bonds is 3. The zero-order valence-corrected chi connectivity index (χ0v) is 12.5. The van der Waals surface area contributed by atoms with Crippen molar-refractivity contribution >= 4 is 17.4 Å². The van der Waals surface area contributed by atoms with E-state index in [2.05, 4.69) is 17.2 Å². The lowest BCUT2D eigenvalue weighted by molar-refractivity contribution is 0.699. The Hall–Kier alpha value is -2.26. The second-order valence-electron chi connectivity index (χ2n) is 5.01. The SMILES string of the molecule is Cc1c(-c2ccc(Cl)cc2)nn(Cc2ccccc2)c1N. The topological polar surface area (TPSA) is 43.8 Å². The van der Waals surface area contributed by atoms with Crippen LogP contribution < -0.4 is 5.73 Å². The van der Waals surface area contributed by atoms with E-state index in [1.807, 2.05) is 54.1 Å². The van der Waals surface area contributed by atoms with E-state index in [-0.39, 0.29) is 0 Å². The van der Waals surface area contributed by atoms with Crippen LogP contribution in [0.25, 0.3) is 11.3 Å². The first-order valence-corrected chi connectivity index (χ1v) is 7.15. The van der Waals surface area contributed by atoms with Crippen LogP contribution in [-0.4, -0.2) is 9.78 Å². The van der Waals surface area contributed by atoms with Gasteiger partial charge in [-0.2, -0.15) is 5.10 Å². The van der Waals surface area contributed by atoms with Crippen molar-refractivity contribution < 1.29 is 0 Å². The van der Waals surface area contributed by atoms with Gasteiger partial charge in [-0.05, 0) is 24.6 Å². The average Bonchev–Trinajstić information content (AvgIpc) is 2.78. The molecule has 106 valence electrons. The van der Waals surface area contributed by atoms with Gasteiger partial charge >= 0.3 is 0 Å². The molecule has 0 spiro atoms. The van der Waals surface area contributed by atoms with Gasteiger partial charge in [0.1, 0.15) is 5.82 Å². The van der Waals surface area contributed by atoms with E-state index in [4.69, 9.17) is 17.3 Å². The fourth-order valence-corrected chi connectivity index (χ4v) is 2.45. The summed E-state index contributed by atoms with van der Waals surface area (Å²) in [5.41, 5.74) is 10.3. The van der Waals surface area contributed by atoms with Gasteiger partial charge in [-0.3, -0.25) is 0 Å². The Morgan fingerprint density at radius 3 is 2.38 bits per heavy atom. The summed E-state index contributed by atoms with van der Waals surface area (Å²) in [5, 5.41) is 5.37. The second-order valence-corrected chi connectivity index (χ2v) is 5.45. The highest BCUT2D eigenvalue weighted by Gasteiger charge is 2.13.